The SMILES string of the molecule is COC(CN)CC(=O)NCCc1csc2ccccc12.Cl. The number of halogens is 1. The number of hydrogen-bond donors (Lipinski definition) is 2. The maximum Gasteiger partial charge on any atom is 0.222 e. The molecule has 0 saturated carbocycles. The van der Waals surface area contributed by atoms with Crippen molar-refractivity contribution in [3.8, 4) is 0 Å². The second-order valence-electron chi connectivity index (χ2n) is 4.65. The summed E-state index contributed by atoms with van der Waals surface area (Å²) in [6.07, 6.45) is 0.963. The first kappa shape index (κ1) is 17.9. The van der Waals surface area contributed by atoms with Crippen LogP contribution in [0.15, 0.2) is 29.6 Å². The molecule has 0 radical (unpaired) electrons. The molecule has 0 aliphatic carbocycles. The molecule has 0 fully saturated rings. The minimum atomic E-state index is -0.197. The fourth-order valence-corrected chi connectivity index (χ4v) is 3.10. The lowest BCUT2D eigenvalue weighted by Crippen LogP contribution is -2.33. The minimum Gasteiger partial charge on any atom is -0.380 e. The standard InChI is InChI=1S/C15H20N2O2S.ClH/c1-19-12(9-16)8-15(18)17-7-6-11-10-20-14-5-3-2-4-13(11)14;/h2-5,10,12H,6-9,16H2,1H3,(H,17,18);1H. The minimum absolute atomic E-state index is 0. The van der Waals surface area contributed by atoms with E-state index in [1.807, 2.05) is 12.1 Å². The van der Waals surface area contributed by atoms with Crippen LogP contribution in [0.3, 0.4) is 0 Å². The first-order valence-corrected chi connectivity index (χ1v) is 7.57. The average molecular weight is 329 g/mol. The monoisotopic (exact) mass is 328 g/mol. The molecule has 0 aliphatic heterocycles. The molecular weight excluding hydrogens is 308 g/mol. The summed E-state index contributed by atoms with van der Waals surface area (Å²) in [6.45, 7) is 1.000. The Balaban J connectivity index is 0.00000220. The van der Waals surface area contributed by atoms with Gasteiger partial charge in [-0.2, -0.15) is 0 Å². The van der Waals surface area contributed by atoms with Crippen LogP contribution in [0.4, 0.5) is 0 Å². The van der Waals surface area contributed by atoms with E-state index in [9.17, 15) is 4.79 Å². The Morgan fingerprint density at radius 1 is 1.43 bits per heavy atom. The number of thiophene rings is 1. The van der Waals surface area contributed by atoms with Crippen LogP contribution < -0.4 is 11.1 Å². The highest BCUT2D eigenvalue weighted by Gasteiger charge is 2.11. The largest absolute Gasteiger partial charge is 0.380 e. The number of benzene rings is 1. The van der Waals surface area contributed by atoms with Crippen molar-refractivity contribution in [2.24, 2.45) is 5.73 Å². The van der Waals surface area contributed by atoms with Gasteiger partial charge in [-0.25, -0.2) is 0 Å². The molecule has 0 saturated heterocycles. The van der Waals surface area contributed by atoms with Gasteiger partial charge < -0.3 is 15.8 Å². The molecule has 1 unspecified atom stereocenters. The summed E-state index contributed by atoms with van der Waals surface area (Å²) in [6, 6.07) is 8.33. The fraction of sp³-hybridized carbons (Fsp3) is 0.400. The molecule has 1 heterocycles. The summed E-state index contributed by atoms with van der Waals surface area (Å²) >= 11 is 1.74. The van der Waals surface area contributed by atoms with Crippen LogP contribution in [0, 0.1) is 0 Å². The molecule has 4 nitrogen and oxygen atoms in total. The second kappa shape index (κ2) is 9.00. The third-order valence-electron chi connectivity index (χ3n) is 3.29. The fourth-order valence-electron chi connectivity index (χ4n) is 2.10. The number of rotatable bonds is 7. The number of carbonyl (C=O) groups excluding carboxylic acids is 1. The normalized spacial score (nSPS) is 11.9. The molecule has 1 aromatic carbocycles. The van der Waals surface area contributed by atoms with Crippen molar-refractivity contribution in [3.63, 3.8) is 0 Å². The van der Waals surface area contributed by atoms with Crippen molar-refractivity contribution < 1.29 is 9.53 Å². The van der Waals surface area contributed by atoms with Crippen LogP contribution >= 0.6 is 23.7 Å². The van der Waals surface area contributed by atoms with E-state index in [2.05, 4.69) is 22.8 Å². The molecule has 1 atom stereocenters. The average Bonchev–Trinajstić information content (AvgIpc) is 2.88. The molecule has 1 amide bonds. The zero-order chi connectivity index (χ0) is 14.4. The number of hydrogen-bond acceptors (Lipinski definition) is 4. The number of nitrogens with one attached hydrogen (secondary N) is 1. The number of fused-ring (bicyclic) bond motifs is 1. The zero-order valence-corrected chi connectivity index (χ0v) is 13.6. The van der Waals surface area contributed by atoms with Gasteiger partial charge in [0.1, 0.15) is 0 Å². The van der Waals surface area contributed by atoms with E-state index in [0.29, 0.717) is 19.5 Å². The third kappa shape index (κ3) is 4.97. The van der Waals surface area contributed by atoms with Crippen LogP contribution in [0.25, 0.3) is 10.1 Å². The van der Waals surface area contributed by atoms with Crippen molar-refractivity contribution in [3.05, 3.63) is 35.2 Å². The van der Waals surface area contributed by atoms with Gasteiger partial charge in [0.15, 0.2) is 0 Å². The summed E-state index contributed by atoms with van der Waals surface area (Å²) in [4.78, 5) is 11.7. The van der Waals surface area contributed by atoms with Crippen molar-refractivity contribution in [2.75, 3.05) is 20.2 Å². The molecule has 116 valence electrons. The van der Waals surface area contributed by atoms with Crippen molar-refractivity contribution in [1.29, 1.82) is 0 Å². The maximum atomic E-state index is 11.7. The van der Waals surface area contributed by atoms with Crippen LogP contribution in [0.2, 0.25) is 0 Å². The van der Waals surface area contributed by atoms with Crippen molar-refractivity contribution in [2.45, 2.75) is 18.9 Å². The van der Waals surface area contributed by atoms with Crippen LogP contribution in [0.1, 0.15) is 12.0 Å². The van der Waals surface area contributed by atoms with Crippen molar-refractivity contribution >= 4 is 39.7 Å². The van der Waals surface area contributed by atoms with E-state index < -0.39 is 0 Å². The topological polar surface area (TPSA) is 64.3 Å². The van der Waals surface area contributed by atoms with E-state index in [1.54, 1.807) is 18.4 Å². The van der Waals surface area contributed by atoms with Crippen LogP contribution in [-0.4, -0.2) is 32.2 Å². The van der Waals surface area contributed by atoms with Gasteiger partial charge in [-0.05, 0) is 28.8 Å². The predicted octanol–water partition coefficient (Wildman–Crippen LogP) is 2.35. The first-order chi connectivity index (χ1) is 9.74. The zero-order valence-electron chi connectivity index (χ0n) is 12.0. The van der Waals surface area contributed by atoms with Gasteiger partial charge in [0, 0.05) is 24.9 Å². The molecule has 0 spiro atoms. The number of ether oxygens (including phenoxy) is 1. The number of nitrogens with two attached hydrogens (primary N) is 1. The van der Waals surface area contributed by atoms with E-state index >= 15 is 0 Å². The lowest BCUT2D eigenvalue weighted by atomic mass is 10.1. The van der Waals surface area contributed by atoms with Gasteiger partial charge >= 0.3 is 0 Å². The lowest BCUT2D eigenvalue weighted by molar-refractivity contribution is -0.123. The van der Waals surface area contributed by atoms with Crippen molar-refractivity contribution in [1.82, 2.24) is 5.32 Å². The van der Waals surface area contributed by atoms with Crippen LogP contribution in [-0.2, 0) is 16.0 Å². The summed E-state index contributed by atoms with van der Waals surface area (Å²) in [5, 5.41) is 6.36. The van der Waals surface area contributed by atoms with E-state index in [-0.39, 0.29) is 24.4 Å². The molecule has 2 rings (SSSR count). The maximum absolute atomic E-state index is 11.7. The van der Waals surface area contributed by atoms with Gasteiger partial charge in [-0.3, -0.25) is 4.79 Å². The smallest absolute Gasteiger partial charge is 0.222 e. The van der Waals surface area contributed by atoms with Gasteiger partial charge in [-0.1, -0.05) is 18.2 Å². The highest BCUT2D eigenvalue weighted by atomic mass is 35.5. The molecule has 0 aliphatic rings. The Hall–Kier alpha value is -1.14. The van der Waals surface area contributed by atoms with E-state index in [1.165, 1.54) is 15.6 Å². The Kier molecular flexibility index (Phi) is 7.67. The van der Waals surface area contributed by atoms with Crippen LogP contribution in [0.5, 0.6) is 0 Å². The van der Waals surface area contributed by atoms with E-state index in [0.717, 1.165) is 6.42 Å². The molecule has 3 N–H and O–H groups in total. The Labute approximate surface area is 135 Å². The first-order valence-electron chi connectivity index (χ1n) is 6.69. The lowest BCUT2D eigenvalue weighted by Gasteiger charge is -2.12. The number of carbonyl (C=O) groups is 1. The molecule has 6 heteroatoms. The molecule has 1 aromatic heterocycles. The third-order valence-corrected chi connectivity index (χ3v) is 4.30. The molecular formula is C15H21ClN2O2S. The Morgan fingerprint density at radius 3 is 2.90 bits per heavy atom. The summed E-state index contributed by atoms with van der Waals surface area (Å²) in [5.74, 6) is -0.0122. The van der Waals surface area contributed by atoms with Gasteiger partial charge in [0.05, 0.1) is 12.5 Å². The van der Waals surface area contributed by atoms with Gasteiger partial charge in [0.25, 0.3) is 0 Å². The number of methoxy groups -OCH3 is 1. The predicted molar refractivity (Wildman–Crippen MR) is 90.3 cm³/mol. The number of amides is 1. The molecule has 0 bridgehead atoms. The molecule has 2 aromatic rings. The molecule has 21 heavy (non-hydrogen) atoms. The van der Waals surface area contributed by atoms with Gasteiger partial charge in [-0.15, -0.1) is 23.7 Å². The summed E-state index contributed by atoms with van der Waals surface area (Å²) < 4.78 is 6.38. The van der Waals surface area contributed by atoms with E-state index in [4.69, 9.17) is 10.5 Å². The highest BCUT2D eigenvalue weighted by Crippen LogP contribution is 2.25. The highest BCUT2D eigenvalue weighted by molar-refractivity contribution is 7.17. The Morgan fingerprint density at radius 2 is 2.19 bits per heavy atom. The summed E-state index contributed by atoms with van der Waals surface area (Å²) in [7, 11) is 1.57. The quantitative estimate of drug-likeness (QED) is 0.820. The summed E-state index contributed by atoms with van der Waals surface area (Å²) in [5.41, 5.74) is 6.78. The second-order valence-corrected chi connectivity index (χ2v) is 5.57. The van der Waals surface area contributed by atoms with Gasteiger partial charge in [0.2, 0.25) is 5.91 Å². The Bertz CT molecular complexity index is 570.